The van der Waals surface area contributed by atoms with Crippen molar-refractivity contribution in [2.75, 3.05) is 25.0 Å². The molecule has 2 aromatic carbocycles. The number of aliphatic carboxylic acids is 1. The summed E-state index contributed by atoms with van der Waals surface area (Å²) in [6.45, 7) is 0.512. The van der Waals surface area contributed by atoms with E-state index in [1.54, 1.807) is 24.3 Å². The standard InChI is InChI=1S/C25H32N6O6S/c26-10-7-22(32)29-19-5-2-6-20(15-19)38(36,37)30-21(14-16-3-1-4-18(13-16)23(27)28)24(33)31-11-8-17(9-12-31)25(34)35/h1-6,13,15,17,21,30H,7-12,14,26H2,(H3,27,28)(H,29,32)(H,34,35)/t21-/m0/s1. The van der Waals surface area contributed by atoms with Crippen molar-refractivity contribution in [3.05, 3.63) is 59.7 Å². The predicted molar refractivity (Wildman–Crippen MR) is 141 cm³/mol. The Kier molecular flexibility index (Phi) is 9.55. The second kappa shape index (κ2) is 12.6. The van der Waals surface area contributed by atoms with Crippen LogP contribution in [0.2, 0.25) is 0 Å². The average Bonchev–Trinajstić information content (AvgIpc) is 2.88. The number of benzene rings is 2. The first-order valence-electron chi connectivity index (χ1n) is 12.1. The summed E-state index contributed by atoms with van der Waals surface area (Å²) in [5.74, 6) is -2.50. The molecule has 1 saturated heterocycles. The highest BCUT2D eigenvalue weighted by Crippen LogP contribution is 2.21. The summed E-state index contributed by atoms with van der Waals surface area (Å²) in [5.41, 5.74) is 12.3. The zero-order valence-electron chi connectivity index (χ0n) is 20.7. The minimum absolute atomic E-state index is 0.0228. The Balaban J connectivity index is 1.87. The van der Waals surface area contributed by atoms with E-state index in [4.69, 9.17) is 16.9 Å². The Morgan fingerprint density at radius 2 is 1.79 bits per heavy atom. The molecule has 1 aliphatic rings. The van der Waals surface area contributed by atoms with Gasteiger partial charge in [-0.3, -0.25) is 19.8 Å². The molecule has 1 aliphatic heterocycles. The van der Waals surface area contributed by atoms with Crippen LogP contribution in [0.3, 0.4) is 0 Å². The molecule has 2 amide bonds. The molecule has 0 bridgehead atoms. The van der Waals surface area contributed by atoms with E-state index in [1.165, 1.54) is 29.2 Å². The lowest BCUT2D eigenvalue weighted by molar-refractivity contribution is -0.146. The van der Waals surface area contributed by atoms with Gasteiger partial charge in [-0.05, 0) is 49.1 Å². The minimum Gasteiger partial charge on any atom is -0.481 e. The van der Waals surface area contributed by atoms with Crippen molar-refractivity contribution in [2.24, 2.45) is 17.4 Å². The van der Waals surface area contributed by atoms with Gasteiger partial charge in [0.2, 0.25) is 21.8 Å². The van der Waals surface area contributed by atoms with E-state index in [2.05, 4.69) is 10.0 Å². The van der Waals surface area contributed by atoms with Crippen molar-refractivity contribution < 1.29 is 27.9 Å². The smallest absolute Gasteiger partial charge is 0.306 e. The molecule has 0 aromatic heterocycles. The van der Waals surface area contributed by atoms with Gasteiger partial charge in [0.1, 0.15) is 11.9 Å². The van der Waals surface area contributed by atoms with Gasteiger partial charge in [-0.25, -0.2) is 8.42 Å². The lowest BCUT2D eigenvalue weighted by atomic mass is 9.96. The molecule has 0 spiro atoms. The van der Waals surface area contributed by atoms with Crippen LogP contribution in [0.4, 0.5) is 5.69 Å². The van der Waals surface area contributed by atoms with E-state index in [0.717, 1.165) is 0 Å². The Morgan fingerprint density at radius 1 is 1.11 bits per heavy atom. The van der Waals surface area contributed by atoms with Gasteiger partial charge in [0, 0.05) is 37.3 Å². The molecule has 0 radical (unpaired) electrons. The van der Waals surface area contributed by atoms with Gasteiger partial charge in [0.15, 0.2) is 0 Å². The largest absolute Gasteiger partial charge is 0.481 e. The summed E-state index contributed by atoms with van der Waals surface area (Å²) in [4.78, 5) is 38.0. The fourth-order valence-electron chi connectivity index (χ4n) is 4.20. The summed E-state index contributed by atoms with van der Waals surface area (Å²) in [7, 11) is -4.22. The first kappa shape index (κ1) is 28.8. The molecule has 8 N–H and O–H groups in total. The molecule has 2 aromatic rings. The maximum atomic E-state index is 13.5. The zero-order chi connectivity index (χ0) is 27.9. The van der Waals surface area contributed by atoms with Gasteiger partial charge in [-0.1, -0.05) is 24.3 Å². The van der Waals surface area contributed by atoms with Crippen molar-refractivity contribution in [2.45, 2.75) is 36.6 Å². The Morgan fingerprint density at radius 3 is 2.42 bits per heavy atom. The summed E-state index contributed by atoms with van der Waals surface area (Å²) >= 11 is 0. The monoisotopic (exact) mass is 544 g/mol. The van der Waals surface area contributed by atoms with Crippen LogP contribution in [-0.4, -0.2) is 67.7 Å². The van der Waals surface area contributed by atoms with E-state index in [0.29, 0.717) is 11.1 Å². The molecular formula is C25H32N6O6S. The van der Waals surface area contributed by atoms with E-state index in [-0.39, 0.29) is 67.6 Å². The van der Waals surface area contributed by atoms with Crippen LogP contribution in [0.5, 0.6) is 0 Å². The average molecular weight is 545 g/mol. The number of nitrogens with zero attached hydrogens (tertiary/aromatic N) is 1. The van der Waals surface area contributed by atoms with Crippen LogP contribution < -0.4 is 21.5 Å². The summed E-state index contributed by atoms with van der Waals surface area (Å²) < 4.78 is 29.2. The fourth-order valence-corrected chi connectivity index (χ4v) is 5.43. The molecule has 0 aliphatic carbocycles. The van der Waals surface area contributed by atoms with Crippen LogP contribution in [0.15, 0.2) is 53.4 Å². The number of likely N-dealkylation sites (tertiary alicyclic amines) is 1. The lowest BCUT2D eigenvalue weighted by Crippen LogP contribution is -2.52. The van der Waals surface area contributed by atoms with E-state index in [9.17, 15) is 27.9 Å². The maximum absolute atomic E-state index is 13.5. The highest BCUT2D eigenvalue weighted by molar-refractivity contribution is 7.89. The van der Waals surface area contributed by atoms with Crippen molar-refractivity contribution in [3.63, 3.8) is 0 Å². The molecule has 0 unspecified atom stereocenters. The number of hydrogen-bond acceptors (Lipinski definition) is 7. The molecular weight excluding hydrogens is 512 g/mol. The van der Waals surface area contributed by atoms with E-state index >= 15 is 0 Å². The molecule has 13 heteroatoms. The van der Waals surface area contributed by atoms with E-state index < -0.39 is 33.9 Å². The molecule has 38 heavy (non-hydrogen) atoms. The third-order valence-corrected chi connectivity index (χ3v) is 7.70. The molecule has 0 saturated carbocycles. The number of carboxylic acid groups (broad SMARTS) is 1. The quantitative estimate of drug-likeness (QED) is 0.173. The zero-order valence-corrected chi connectivity index (χ0v) is 21.5. The van der Waals surface area contributed by atoms with Gasteiger partial charge in [0.25, 0.3) is 0 Å². The van der Waals surface area contributed by atoms with Crippen molar-refractivity contribution >= 4 is 39.3 Å². The van der Waals surface area contributed by atoms with Crippen molar-refractivity contribution in [1.82, 2.24) is 9.62 Å². The first-order chi connectivity index (χ1) is 18.0. The fraction of sp³-hybridized carbons (Fsp3) is 0.360. The SMILES string of the molecule is N=C(N)c1cccc(C[C@H](NS(=O)(=O)c2cccc(NC(=O)CCN)c2)C(=O)N2CCC(C(=O)O)CC2)c1. The minimum atomic E-state index is -4.22. The topological polar surface area (TPSA) is 209 Å². The second-order valence-corrected chi connectivity index (χ2v) is 10.8. The lowest BCUT2D eigenvalue weighted by Gasteiger charge is -2.33. The number of nitrogens with two attached hydrogens (primary N) is 2. The second-order valence-electron chi connectivity index (χ2n) is 9.04. The number of piperidine rings is 1. The molecule has 1 fully saturated rings. The van der Waals surface area contributed by atoms with Gasteiger partial charge >= 0.3 is 5.97 Å². The van der Waals surface area contributed by atoms with Crippen LogP contribution >= 0.6 is 0 Å². The number of carboxylic acids is 1. The first-order valence-corrected chi connectivity index (χ1v) is 13.6. The number of amides is 2. The van der Waals surface area contributed by atoms with Gasteiger partial charge < -0.3 is 26.8 Å². The Bertz CT molecular complexity index is 1310. The number of hydrogen-bond donors (Lipinski definition) is 6. The number of sulfonamides is 1. The number of nitrogen functional groups attached to an aromatic ring is 1. The molecule has 3 rings (SSSR count). The van der Waals surface area contributed by atoms with Crippen molar-refractivity contribution in [3.8, 4) is 0 Å². The number of carbonyl (C=O) groups is 3. The molecule has 1 heterocycles. The number of anilines is 1. The number of nitrogens with one attached hydrogen (secondary N) is 3. The predicted octanol–water partition coefficient (Wildman–Crippen LogP) is 0.471. The van der Waals surface area contributed by atoms with E-state index in [1.807, 2.05) is 0 Å². The highest BCUT2D eigenvalue weighted by Gasteiger charge is 2.33. The van der Waals surface area contributed by atoms with Gasteiger partial charge in [0.05, 0.1) is 10.8 Å². The summed E-state index contributed by atoms with van der Waals surface area (Å²) in [5, 5.41) is 19.5. The maximum Gasteiger partial charge on any atom is 0.306 e. The van der Waals surface area contributed by atoms with Gasteiger partial charge in [-0.2, -0.15) is 4.72 Å². The molecule has 12 nitrogen and oxygen atoms in total. The molecule has 204 valence electrons. The van der Waals surface area contributed by atoms with Crippen LogP contribution in [-0.2, 0) is 30.8 Å². The van der Waals surface area contributed by atoms with Crippen LogP contribution in [0.25, 0.3) is 0 Å². The van der Waals surface area contributed by atoms with Crippen LogP contribution in [0.1, 0.15) is 30.4 Å². The third-order valence-electron chi connectivity index (χ3n) is 6.23. The normalized spacial score (nSPS) is 15.0. The third kappa shape index (κ3) is 7.60. The number of carbonyl (C=O) groups excluding carboxylic acids is 2. The van der Waals surface area contributed by atoms with Crippen LogP contribution in [0, 0.1) is 11.3 Å². The molecule has 1 atom stereocenters. The Hall–Kier alpha value is -3.81. The van der Waals surface area contributed by atoms with Gasteiger partial charge in [-0.15, -0.1) is 0 Å². The van der Waals surface area contributed by atoms with Crippen molar-refractivity contribution in [1.29, 1.82) is 5.41 Å². The number of rotatable bonds is 11. The Labute approximate surface area is 220 Å². The highest BCUT2D eigenvalue weighted by atomic mass is 32.2. The summed E-state index contributed by atoms with van der Waals surface area (Å²) in [6, 6.07) is 11.0. The number of amidine groups is 1. The summed E-state index contributed by atoms with van der Waals surface area (Å²) in [6.07, 6.45) is 0.588.